The minimum Gasteiger partial charge on any atom is -0.391 e. The summed E-state index contributed by atoms with van der Waals surface area (Å²) >= 11 is 0. The largest absolute Gasteiger partial charge is 0.391 e. The number of nitrogens with one attached hydrogen (secondary N) is 1. The molecular formula is C11H19N5O. The monoisotopic (exact) mass is 237 g/mol. The Hall–Kier alpha value is -1.56. The van der Waals surface area contributed by atoms with Crippen molar-refractivity contribution in [1.29, 1.82) is 0 Å². The van der Waals surface area contributed by atoms with Gasteiger partial charge in [0.2, 0.25) is 0 Å². The number of nitrogens with zero attached hydrogens (tertiary/aromatic N) is 2. The lowest BCUT2D eigenvalue weighted by Crippen LogP contribution is -2.39. The van der Waals surface area contributed by atoms with E-state index in [4.69, 9.17) is 11.5 Å². The van der Waals surface area contributed by atoms with E-state index in [1.165, 1.54) is 19.2 Å². The molecule has 1 heterocycles. The Bertz CT molecular complexity index is 424. The van der Waals surface area contributed by atoms with Crippen LogP contribution in [-0.4, -0.2) is 29.1 Å². The Morgan fingerprint density at radius 3 is 2.82 bits per heavy atom. The fraction of sp³-hybridized carbons (Fsp3) is 0.636. The Labute approximate surface area is 100 Å². The third-order valence-electron chi connectivity index (χ3n) is 3.28. The van der Waals surface area contributed by atoms with Crippen molar-refractivity contribution in [2.75, 3.05) is 23.7 Å². The Morgan fingerprint density at radius 2 is 2.18 bits per heavy atom. The van der Waals surface area contributed by atoms with Crippen LogP contribution in [0.5, 0.6) is 0 Å². The van der Waals surface area contributed by atoms with Gasteiger partial charge in [0.1, 0.15) is 5.69 Å². The second-order valence-corrected chi connectivity index (χ2v) is 4.39. The van der Waals surface area contributed by atoms with Gasteiger partial charge in [-0.3, -0.25) is 4.79 Å². The molecule has 1 fully saturated rings. The standard InChI is InChI=1S/C11H19N5O/c12-5-6-16(8-3-1-2-4-8)10-9(13)11(17)15-7-14-10/h7-8H,1-6,12-13H2,(H,14,15,17). The molecule has 5 N–H and O–H groups in total. The van der Waals surface area contributed by atoms with Gasteiger partial charge in [0.05, 0.1) is 6.33 Å². The highest BCUT2D eigenvalue weighted by molar-refractivity contribution is 5.61. The van der Waals surface area contributed by atoms with Gasteiger partial charge in [0.25, 0.3) is 5.56 Å². The molecule has 1 saturated carbocycles. The molecule has 1 aliphatic rings. The van der Waals surface area contributed by atoms with Crippen LogP contribution in [0.2, 0.25) is 0 Å². The highest BCUT2D eigenvalue weighted by atomic mass is 16.1. The molecule has 1 aromatic heterocycles. The van der Waals surface area contributed by atoms with Crippen LogP contribution >= 0.6 is 0 Å². The predicted molar refractivity (Wildman–Crippen MR) is 67.9 cm³/mol. The lowest BCUT2D eigenvalue weighted by atomic mass is 10.2. The first-order chi connectivity index (χ1) is 8.24. The van der Waals surface area contributed by atoms with Crippen molar-refractivity contribution < 1.29 is 0 Å². The molecule has 0 aliphatic heterocycles. The zero-order chi connectivity index (χ0) is 12.3. The second kappa shape index (κ2) is 5.18. The van der Waals surface area contributed by atoms with Crippen LogP contribution in [0.4, 0.5) is 11.5 Å². The number of hydrogen-bond donors (Lipinski definition) is 3. The summed E-state index contributed by atoms with van der Waals surface area (Å²) in [4.78, 5) is 20.2. The van der Waals surface area contributed by atoms with Crippen LogP contribution in [0.15, 0.2) is 11.1 Å². The maximum atomic E-state index is 11.5. The van der Waals surface area contributed by atoms with E-state index >= 15 is 0 Å². The Kier molecular flexibility index (Phi) is 3.63. The van der Waals surface area contributed by atoms with E-state index in [2.05, 4.69) is 14.9 Å². The van der Waals surface area contributed by atoms with Crippen LogP contribution in [0.3, 0.4) is 0 Å². The van der Waals surface area contributed by atoms with Crippen molar-refractivity contribution in [1.82, 2.24) is 9.97 Å². The first-order valence-electron chi connectivity index (χ1n) is 6.04. The predicted octanol–water partition coefficient (Wildman–Crippen LogP) is 0.0598. The van der Waals surface area contributed by atoms with Gasteiger partial charge < -0.3 is 21.4 Å². The molecule has 17 heavy (non-hydrogen) atoms. The summed E-state index contributed by atoms with van der Waals surface area (Å²) in [5.41, 5.74) is 11.3. The summed E-state index contributed by atoms with van der Waals surface area (Å²) in [7, 11) is 0. The van der Waals surface area contributed by atoms with Gasteiger partial charge in [-0.2, -0.15) is 0 Å². The first-order valence-corrected chi connectivity index (χ1v) is 6.04. The van der Waals surface area contributed by atoms with Gasteiger partial charge >= 0.3 is 0 Å². The quantitative estimate of drug-likeness (QED) is 0.687. The topological polar surface area (TPSA) is 101 Å². The number of rotatable bonds is 4. The highest BCUT2D eigenvalue weighted by Gasteiger charge is 2.25. The Balaban J connectivity index is 2.31. The van der Waals surface area contributed by atoms with Crippen LogP contribution < -0.4 is 21.9 Å². The van der Waals surface area contributed by atoms with Gasteiger partial charge in [-0.25, -0.2) is 4.98 Å². The lowest BCUT2D eigenvalue weighted by Gasteiger charge is -2.30. The van der Waals surface area contributed by atoms with E-state index < -0.39 is 0 Å². The zero-order valence-electron chi connectivity index (χ0n) is 9.85. The van der Waals surface area contributed by atoms with Gasteiger partial charge in [-0.05, 0) is 12.8 Å². The zero-order valence-corrected chi connectivity index (χ0v) is 9.85. The number of anilines is 2. The van der Waals surface area contributed by atoms with Gasteiger partial charge in [0.15, 0.2) is 5.82 Å². The van der Waals surface area contributed by atoms with Gasteiger partial charge in [-0.1, -0.05) is 12.8 Å². The van der Waals surface area contributed by atoms with Crippen molar-refractivity contribution in [3.63, 3.8) is 0 Å². The van der Waals surface area contributed by atoms with Crippen molar-refractivity contribution in [2.24, 2.45) is 5.73 Å². The molecule has 1 aromatic rings. The summed E-state index contributed by atoms with van der Waals surface area (Å²) in [6.45, 7) is 1.22. The SMILES string of the molecule is NCCN(c1nc[nH]c(=O)c1N)C1CCCC1. The van der Waals surface area contributed by atoms with Crippen LogP contribution in [0, 0.1) is 0 Å². The van der Waals surface area contributed by atoms with E-state index in [1.54, 1.807) is 0 Å². The number of aromatic amines is 1. The third kappa shape index (κ3) is 2.41. The average molecular weight is 237 g/mol. The normalized spacial score (nSPS) is 16.3. The smallest absolute Gasteiger partial charge is 0.276 e. The van der Waals surface area contributed by atoms with E-state index in [-0.39, 0.29) is 11.2 Å². The minimum absolute atomic E-state index is 0.188. The van der Waals surface area contributed by atoms with Crippen molar-refractivity contribution in [3.05, 3.63) is 16.7 Å². The van der Waals surface area contributed by atoms with Crippen LogP contribution in [0.1, 0.15) is 25.7 Å². The van der Waals surface area contributed by atoms with Crippen LogP contribution in [-0.2, 0) is 0 Å². The van der Waals surface area contributed by atoms with E-state index in [0.717, 1.165) is 12.8 Å². The lowest BCUT2D eigenvalue weighted by molar-refractivity contribution is 0.602. The van der Waals surface area contributed by atoms with Crippen LogP contribution in [0.25, 0.3) is 0 Å². The number of aromatic nitrogens is 2. The molecule has 0 atom stereocenters. The molecule has 6 heteroatoms. The molecule has 0 saturated heterocycles. The maximum Gasteiger partial charge on any atom is 0.276 e. The molecule has 0 spiro atoms. The van der Waals surface area contributed by atoms with Gasteiger partial charge in [-0.15, -0.1) is 0 Å². The van der Waals surface area contributed by atoms with E-state index in [0.29, 0.717) is 24.9 Å². The average Bonchev–Trinajstić information content (AvgIpc) is 2.84. The van der Waals surface area contributed by atoms with E-state index in [9.17, 15) is 4.79 Å². The molecule has 0 unspecified atom stereocenters. The van der Waals surface area contributed by atoms with Gasteiger partial charge in [0, 0.05) is 19.1 Å². The second-order valence-electron chi connectivity index (χ2n) is 4.39. The Morgan fingerprint density at radius 1 is 1.47 bits per heavy atom. The third-order valence-corrected chi connectivity index (χ3v) is 3.28. The molecule has 94 valence electrons. The summed E-state index contributed by atoms with van der Waals surface area (Å²) in [6, 6.07) is 0.412. The number of nitrogen functional groups attached to an aromatic ring is 1. The van der Waals surface area contributed by atoms with Crippen molar-refractivity contribution in [3.8, 4) is 0 Å². The molecular weight excluding hydrogens is 218 g/mol. The molecule has 0 radical (unpaired) electrons. The summed E-state index contributed by atoms with van der Waals surface area (Å²) in [5.74, 6) is 0.575. The molecule has 0 bridgehead atoms. The number of nitrogens with two attached hydrogens (primary N) is 2. The summed E-state index contributed by atoms with van der Waals surface area (Å²) < 4.78 is 0. The number of H-pyrrole nitrogens is 1. The first kappa shape index (κ1) is 11.9. The number of hydrogen-bond acceptors (Lipinski definition) is 5. The fourth-order valence-corrected chi connectivity index (χ4v) is 2.45. The highest BCUT2D eigenvalue weighted by Crippen LogP contribution is 2.28. The molecule has 0 amide bonds. The summed E-state index contributed by atoms with van der Waals surface area (Å²) in [6.07, 6.45) is 6.07. The summed E-state index contributed by atoms with van der Waals surface area (Å²) in [5, 5.41) is 0. The van der Waals surface area contributed by atoms with Crippen molar-refractivity contribution >= 4 is 11.5 Å². The maximum absolute atomic E-state index is 11.5. The molecule has 2 rings (SSSR count). The van der Waals surface area contributed by atoms with E-state index in [1.807, 2.05) is 0 Å². The molecule has 1 aliphatic carbocycles. The van der Waals surface area contributed by atoms with Crippen molar-refractivity contribution in [2.45, 2.75) is 31.7 Å². The minimum atomic E-state index is -0.282. The molecule has 0 aromatic carbocycles. The fourth-order valence-electron chi connectivity index (χ4n) is 2.45. The molecule has 6 nitrogen and oxygen atoms in total.